The van der Waals surface area contributed by atoms with Gasteiger partial charge in [-0.1, -0.05) is 0 Å². The van der Waals surface area contributed by atoms with Crippen LogP contribution in [0.2, 0.25) is 0 Å². The van der Waals surface area contributed by atoms with Gasteiger partial charge in [-0.3, -0.25) is 4.18 Å². The summed E-state index contributed by atoms with van der Waals surface area (Å²) in [6, 6.07) is 0. The van der Waals surface area contributed by atoms with Gasteiger partial charge in [-0.05, 0) is 6.92 Å². The fourth-order valence-corrected chi connectivity index (χ4v) is 0.666. The molecule has 0 spiro atoms. The summed E-state index contributed by atoms with van der Waals surface area (Å²) < 4.78 is 57.2. The molecular formula is C3H6F3KO3S. The van der Waals surface area contributed by atoms with Crippen LogP contribution in [0.1, 0.15) is 8.35 Å². The molecule has 0 atom stereocenters. The smallest absolute Gasteiger partial charge is 1.00 e. The van der Waals surface area contributed by atoms with Crippen LogP contribution in [0.15, 0.2) is 0 Å². The zero-order valence-corrected chi connectivity index (χ0v) is 9.91. The Morgan fingerprint density at radius 3 is 1.91 bits per heavy atom. The van der Waals surface area contributed by atoms with Crippen molar-refractivity contribution in [2.75, 3.05) is 6.61 Å². The molecule has 0 bridgehead atoms. The quantitative estimate of drug-likeness (QED) is 0.305. The minimum Gasteiger partial charge on any atom is -1.00 e. The van der Waals surface area contributed by atoms with Gasteiger partial charge in [-0.25, -0.2) is 0 Å². The van der Waals surface area contributed by atoms with Gasteiger partial charge in [0.25, 0.3) is 0 Å². The van der Waals surface area contributed by atoms with Crippen molar-refractivity contribution in [2.24, 2.45) is 0 Å². The van der Waals surface area contributed by atoms with Crippen LogP contribution in [0.4, 0.5) is 13.2 Å². The van der Waals surface area contributed by atoms with Crippen LogP contribution in [-0.4, -0.2) is 20.5 Å². The standard InChI is InChI=1S/C3H5F3O3S.K.H/c1-2-9-10(7,8)3(4,5)6;;/h2H2,1H3;;/q;+1;-1. The van der Waals surface area contributed by atoms with Gasteiger partial charge in [0.2, 0.25) is 0 Å². The topological polar surface area (TPSA) is 43.4 Å². The average Bonchev–Trinajstić information content (AvgIpc) is 1.61. The third kappa shape index (κ3) is 4.81. The largest absolute Gasteiger partial charge is 1.00 e. The fourth-order valence-electron chi connectivity index (χ4n) is 0.222. The van der Waals surface area contributed by atoms with E-state index < -0.39 is 22.2 Å². The number of hydrogen-bond acceptors (Lipinski definition) is 3. The van der Waals surface area contributed by atoms with Gasteiger partial charge in [0.05, 0.1) is 6.61 Å². The molecule has 0 aromatic rings. The molecule has 8 heteroatoms. The Morgan fingerprint density at radius 2 is 1.82 bits per heavy atom. The molecule has 0 radical (unpaired) electrons. The van der Waals surface area contributed by atoms with Crippen molar-refractivity contribution in [3.05, 3.63) is 0 Å². The molecule has 0 amide bonds. The van der Waals surface area contributed by atoms with Gasteiger partial charge in [0.15, 0.2) is 0 Å². The summed E-state index contributed by atoms with van der Waals surface area (Å²) in [5, 5.41) is 0. The van der Waals surface area contributed by atoms with Crippen molar-refractivity contribution in [1.82, 2.24) is 0 Å². The Bertz CT molecular complexity index is 201. The summed E-state index contributed by atoms with van der Waals surface area (Å²) in [6.45, 7) is 0.644. The van der Waals surface area contributed by atoms with E-state index in [4.69, 9.17) is 0 Å². The van der Waals surface area contributed by atoms with Crippen molar-refractivity contribution in [3.63, 3.8) is 0 Å². The Balaban J connectivity index is -0.000000405. The Labute approximate surface area is 106 Å². The second-order valence-corrected chi connectivity index (χ2v) is 2.91. The van der Waals surface area contributed by atoms with Crippen LogP contribution in [0.5, 0.6) is 0 Å². The molecule has 0 fully saturated rings. The molecule has 0 unspecified atom stereocenters. The maximum atomic E-state index is 11.3. The summed E-state index contributed by atoms with van der Waals surface area (Å²) in [7, 11) is -5.35. The van der Waals surface area contributed by atoms with E-state index in [1.54, 1.807) is 0 Å². The Morgan fingerprint density at radius 1 is 1.45 bits per heavy atom. The summed E-state index contributed by atoms with van der Waals surface area (Å²) in [5.41, 5.74) is -5.30. The molecule has 0 saturated carbocycles. The molecule has 0 aliphatic rings. The molecular weight excluding hydrogens is 212 g/mol. The molecule has 3 nitrogen and oxygen atoms in total. The van der Waals surface area contributed by atoms with Crippen LogP contribution >= 0.6 is 0 Å². The maximum Gasteiger partial charge on any atom is 1.00 e. The van der Waals surface area contributed by atoms with Gasteiger partial charge in [0, 0.05) is 0 Å². The third-order valence-corrected chi connectivity index (χ3v) is 1.67. The fraction of sp³-hybridized carbons (Fsp3) is 1.00. The molecule has 0 aromatic heterocycles. The summed E-state index contributed by atoms with van der Waals surface area (Å²) >= 11 is 0. The van der Waals surface area contributed by atoms with Crippen LogP contribution in [0, 0.1) is 0 Å². The number of hydrogen-bond donors (Lipinski definition) is 0. The SMILES string of the molecule is CCOS(=O)(=O)C(F)(F)F.[H-].[K+]. The molecule has 0 N–H and O–H groups in total. The van der Waals surface area contributed by atoms with Crippen LogP contribution in [-0.2, 0) is 14.3 Å². The van der Waals surface area contributed by atoms with E-state index in [1.165, 1.54) is 0 Å². The first-order chi connectivity index (χ1) is 4.31. The summed E-state index contributed by atoms with van der Waals surface area (Å²) in [4.78, 5) is 0. The van der Waals surface area contributed by atoms with E-state index in [9.17, 15) is 21.6 Å². The minimum absolute atomic E-state index is 0. The van der Waals surface area contributed by atoms with Gasteiger partial charge in [-0.2, -0.15) is 21.6 Å². The van der Waals surface area contributed by atoms with Gasteiger partial charge in [0.1, 0.15) is 0 Å². The van der Waals surface area contributed by atoms with Crippen LogP contribution in [0.3, 0.4) is 0 Å². The van der Waals surface area contributed by atoms with Crippen molar-refractivity contribution >= 4 is 10.1 Å². The molecule has 64 valence electrons. The van der Waals surface area contributed by atoms with E-state index in [0.29, 0.717) is 0 Å². The van der Waals surface area contributed by atoms with Crippen molar-refractivity contribution < 1.29 is 78.6 Å². The number of alkyl halides is 3. The first kappa shape index (κ1) is 14.8. The summed E-state index contributed by atoms with van der Waals surface area (Å²) in [5.74, 6) is 0. The third-order valence-electron chi connectivity index (χ3n) is 0.556. The van der Waals surface area contributed by atoms with Crippen molar-refractivity contribution in [3.8, 4) is 0 Å². The number of rotatable bonds is 2. The van der Waals surface area contributed by atoms with Crippen molar-refractivity contribution in [1.29, 1.82) is 0 Å². The molecule has 0 aliphatic heterocycles. The second-order valence-electron chi connectivity index (χ2n) is 1.31. The number of halogens is 3. The molecule has 0 aliphatic carbocycles. The Hall–Kier alpha value is 1.34. The van der Waals surface area contributed by atoms with Crippen LogP contribution in [0.25, 0.3) is 0 Å². The van der Waals surface area contributed by atoms with Gasteiger partial charge in [-0.15, -0.1) is 0 Å². The molecule has 0 saturated heterocycles. The van der Waals surface area contributed by atoms with Crippen molar-refractivity contribution in [2.45, 2.75) is 12.4 Å². The first-order valence-electron chi connectivity index (χ1n) is 2.27. The molecule has 0 rings (SSSR count). The average molecular weight is 218 g/mol. The molecule has 11 heavy (non-hydrogen) atoms. The monoisotopic (exact) mass is 218 g/mol. The first-order valence-corrected chi connectivity index (χ1v) is 3.68. The van der Waals surface area contributed by atoms with E-state index >= 15 is 0 Å². The van der Waals surface area contributed by atoms with Crippen LogP contribution < -0.4 is 51.4 Å². The predicted octanol–water partition coefficient (Wildman–Crippen LogP) is -2.01. The Kier molecular flexibility index (Phi) is 6.95. The van der Waals surface area contributed by atoms with E-state index in [1.807, 2.05) is 0 Å². The molecule has 0 aromatic carbocycles. The van der Waals surface area contributed by atoms with E-state index in [2.05, 4.69) is 4.18 Å². The zero-order chi connectivity index (χ0) is 8.41. The summed E-state index contributed by atoms with van der Waals surface area (Å²) in [6.07, 6.45) is 0. The predicted molar refractivity (Wildman–Crippen MR) is 27.7 cm³/mol. The maximum absolute atomic E-state index is 11.3. The van der Waals surface area contributed by atoms with E-state index in [-0.39, 0.29) is 52.8 Å². The van der Waals surface area contributed by atoms with Gasteiger partial charge < -0.3 is 1.43 Å². The zero-order valence-electron chi connectivity index (χ0n) is 6.97. The van der Waals surface area contributed by atoms with Gasteiger partial charge >= 0.3 is 67.0 Å². The molecule has 0 heterocycles. The minimum atomic E-state index is -5.35. The van der Waals surface area contributed by atoms with E-state index in [0.717, 1.165) is 6.92 Å². The normalized spacial score (nSPS) is 12.4. The second kappa shape index (κ2) is 5.15.